The van der Waals surface area contributed by atoms with Crippen LogP contribution in [0.3, 0.4) is 0 Å². The van der Waals surface area contributed by atoms with E-state index in [9.17, 15) is 4.79 Å². The van der Waals surface area contributed by atoms with Gasteiger partial charge in [0, 0.05) is 19.6 Å². The molecule has 1 unspecified atom stereocenters. The molecule has 1 amide bonds. The molecule has 0 spiro atoms. The summed E-state index contributed by atoms with van der Waals surface area (Å²) in [5, 5.41) is 6.46. The number of piperidine rings is 1. The summed E-state index contributed by atoms with van der Waals surface area (Å²) >= 11 is 0. The second-order valence-corrected chi connectivity index (χ2v) is 6.96. The third kappa shape index (κ3) is 4.51. The molecule has 4 nitrogen and oxygen atoms in total. The summed E-state index contributed by atoms with van der Waals surface area (Å²) in [5.41, 5.74) is 1.83. The van der Waals surface area contributed by atoms with Gasteiger partial charge in [0.15, 0.2) is 0 Å². The van der Waals surface area contributed by atoms with E-state index in [4.69, 9.17) is 4.74 Å². The molecule has 26 heavy (non-hydrogen) atoms. The predicted octanol–water partition coefficient (Wildman–Crippen LogP) is 2.90. The van der Waals surface area contributed by atoms with E-state index in [2.05, 4.69) is 59.2 Å². The molecule has 0 bridgehead atoms. The lowest BCUT2D eigenvalue weighted by Crippen LogP contribution is -2.54. The number of methoxy groups -OCH3 is 1. The Bertz CT molecular complexity index is 682. The van der Waals surface area contributed by atoms with Crippen molar-refractivity contribution in [3.63, 3.8) is 0 Å². The number of hydrogen-bond donors (Lipinski definition) is 2. The van der Waals surface area contributed by atoms with Gasteiger partial charge in [0.2, 0.25) is 0 Å². The number of rotatable bonds is 7. The second kappa shape index (κ2) is 8.97. The van der Waals surface area contributed by atoms with Crippen LogP contribution in [0.4, 0.5) is 0 Å². The fourth-order valence-electron chi connectivity index (χ4n) is 3.66. The summed E-state index contributed by atoms with van der Waals surface area (Å²) < 4.78 is 5.64. The first-order valence-electron chi connectivity index (χ1n) is 9.36. The quantitative estimate of drug-likeness (QED) is 0.806. The summed E-state index contributed by atoms with van der Waals surface area (Å²) in [5.74, 6) is 0.244. The molecular weight excluding hydrogens is 324 g/mol. The van der Waals surface area contributed by atoms with E-state index in [-0.39, 0.29) is 11.8 Å². The van der Waals surface area contributed by atoms with E-state index in [0.717, 1.165) is 19.5 Å². The minimum Gasteiger partial charge on any atom is -0.368 e. The monoisotopic (exact) mass is 352 g/mol. The minimum atomic E-state index is -0.695. The van der Waals surface area contributed by atoms with Crippen molar-refractivity contribution in [1.29, 1.82) is 0 Å². The zero-order chi connectivity index (χ0) is 18.2. The van der Waals surface area contributed by atoms with Gasteiger partial charge in [-0.25, -0.2) is 0 Å². The fourth-order valence-corrected chi connectivity index (χ4v) is 3.66. The lowest BCUT2D eigenvalue weighted by atomic mass is 9.89. The van der Waals surface area contributed by atoms with Crippen molar-refractivity contribution in [1.82, 2.24) is 10.6 Å². The standard InChI is InChI=1S/C22H28N2O2/c1-26-22(12-14-23-15-13-22)21(25)24-17-20(19-10-6-3-7-11-19)16-18-8-4-2-5-9-18/h2-11,20,23H,12-17H2,1H3,(H,24,25). The summed E-state index contributed by atoms with van der Waals surface area (Å²) in [7, 11) is 1.64. The largest absolute Gasteiger partial charge is 0.368 e. The van der Waals surface area contributed by atoms with Crippen LogP contribution in [0.15, 0.2) is 60.7 Å². The van der Waals surface area contributed by atoms with Crippen molar-refractivity contribution < 1.29 is 9.53 Å². The van der Waals surface area contributed by atoms with Crippen LogP contribution in [0.5, 0.6) is 0 Å². The van der Waals surface area contributed by atoms with Gasteiger partial charge in [-0.3, -0.25) is 4.79 Å². The maximum Gasteiger partial charge on any atom is 0.252 e. The molecule has 1 fully saturated rings. The van der Waals surface area contributed by atoms with Crippen molar-refractivity contribution in [2.75, 3.05) is 26.7 Å². The van der Waals surface area contributed by atoms with Crippen LogP contribution in [0.25, 0.3) is 0 Å². The molecule has 1 heterocycles. The van der Waals surface area contributed by atoms with Gasteiger partial charge in [0.25, 0.3) is 5.91 Å². The highest BCUT2D eigenvalue weighted by Crippen LogP contribution is 2.24. The van der Waals surface area contributed by atoms with Crippen LogP contribution >= 0.6 is 0 Å². The van der Waals surface area contributed by atoms with Crippen LogP contribution in [0, 0.1) is 0 Å². The Morgan fingerprint density at radius 1 is 1.08 bits per heavy atom. The fraction of sp³-hybridized carbons (Fsp3) is 0.409. The predicted molar refractivity (Wildman–Crippen MR) is 104 cm³/mol. The normalized spacial score (nSPS) is 17.4. The second-order valence-electron chi connectivity index (χ2n) is 6.96. The third-order valence-corrected chi connectivity index (χ3v) is 5.32. The molecular formula is C22H28N2O2. The molecule has 1 atom stereocenters. The molecule has 3 rings (SSSR count). The Kier molecular flexibility index (Phi) is 6.42. The molecule has 2 aromatic carbocycles. The molecule has 1 saturated heterocycles. The summed E-state index contributed by atoms with van der Waals surface area (Å²) in [4.78, 5) is 12.9. The van der Waals surface area contributed by atoms with Crippen LogP contribution in [0.2, 0.25) is 0 Å². The van der Waals surface area contributed by atoms with E-state index in [1.54, 1.807) is 7.11 Å². The average Bonchev–Trinajstić information content (AvgIpc) is 2.72. The van der Waals surface area contributed by atoms with Gasteiger partial charge in [-0.2, -0.15) is 0 Å². The van der Waals surface area contributed by atoms with Gasteiger partial charge >= 0.3 is 0 Å². The first-order chi connectivity index (χ1) is 12.7. The van der Waals surface area contributed by atoms with Crippen molar-refractivity contribution in [3.05, 3.63) is 71.8 Å². The van der Waals surface area contributed by atoms with E-state index in [0.29, 0.717) is 19.4 Å². The molecule has 1 aliphatic rings. The summed E-state index contributed by atoms with van der Waals surface area (Å²) in [6.07, 6.45) is 2.32. The summed E-state index contributed by atoms with van der Waals surface area (Å²) in [6, 6.07) is 20.8. The van der Waals surface area contributed by atoms with E-state index >= 15 is 0 Å². The molecule has 0 aromatic heterocycles. The first kappa shape index (κ1) is 18.6. The lowest BCUT2D eigenvalue weighted by molar-refractivity contribution is -0.146. The highest BCUT2D eigenvalue weighted by atomic mass is 16.5. The van der Waals surface area contributed by atoms with E-state index in [1.807, 2.05) is 12.1 Å². The van der Waals surface area contributed by atoms with Crippen LogP contribution in [0.1, 0.15) is 29.9 Å². The van der Waals surface area contributed by atoms with Gasteiger partial charge in [0.05, 0.1) is 0 Å². The molecule has 4 heteroatoms. The number of amides is 1. The maximum atomic E-state index is 12.9. The topological polar surface area (TPSA) is 50.4 Å². The molecule has 2 N–H and O–H groups in total. The van der Waals surface area contributed by atoms with Crippen molar-refractivity contribution in [2.24, 2.45) is 0 Å². The highest BCUT2D eigenvalue weighted by Gasteiger charge is 2.39. The number of carbonyl (C=O) groups is 1. The lowest BCUT2D eigenvalue weighted by Gasteiger charge is -2.35. The summed E-state index contributed by atoms with van der Waals surface area (Å²) in [6.45, 7) is 2.23. The highest BCUT2D eigenvalue weighted by molar-refractivity contribution is 5.85. The van der Waals surface area contributed by atoms with Crippen LogP contribution in [-0.4, -0.2) is 38.3 Å². The Morgan fingerprint density at radius 3 is 2.31 bits per heavy atom. The van der Waals surface area contributed by atoms with E-state index < -0.39 is 5.60 Å². The average molecular weight is 352 g/mol. The van der Waals surface area contributed by atoms with Gasteiger partial charge in [-0.15, -0.1) is 0 Å². The molecule has 138 valence electrons. The Morgan fingerprint density at radius 2 is 1.69 bits per heavy atom. The number of nitrogens with one attached hydrogen (secondary N) is 2. The van der Waals surface area contributed by atoms with Gasteiger partial charge in [-0.05, 0) is 43.5 Å². The Hall–Kier alpha value is -2.17. The number of hydrogen-bond acceptors (Lipinski definition) is 3. The molecule has 1 aliphatic heterocycles. The molecule has 0 saturated carbocycles. The minimum absolute atomic E-state index is 0.00972. The Labute approximate surface area is 156 Å². The molecule has 2 aromatic rings. The van der Waals surface area contributed by atoms with Crippen LogP contribution in [-0.2, 0) is 16.0 Å². The SMILES string of the molecule is COC1(C(=O)NCC(Cc2ccccc2)c2ccccc2)CCNCC1. The number of ether oxygens (including phenoxy) is 1. The molecule has 0 aliphatic carbocycles. The zero-order valence-corrected chi connectivity index (χ0v) is 15.4. The molecule has 0 radical (unpaired) electrons. The zero-order valence-electron chi connectivity index (χ0n) is 15.4. The van der Waals surface area contributed by atoms with Gasteiger partial charge < -0.3 is 15.4 Å². The van der Waals surface area contributed by atoms with E-state index in [1.165, 1.54) is 11.1 Å². The van der Waals surface area contributed by atoms with Crippen molar-refractivity contribution in [3.8, 4) is 0 Å². The Balaban J connectivity index is 1.70. The van der Waals surface area contributed by atoms with Crippen molar-refractivity contribution in [2.45, 2.75) is 30.8 Å². The smallest absolute Gasteiger partial charge is 0.252 e. The maximum absolute atomic E-state index is 12.9. The van der Waals surface area contributed by atoms with Crippen molar-refractivity contribution >= 4 is 5.91 Å². The van der Waals surface area contributed by atoms with Crippen LogP contribution < -0.4 is 10.6 Å². The first-order valence-corrected chi connectivity index (χ1v) is 9.36. The van der Waals surface area contributed by atoms with Gasteiger partial charge in [0.1, 0.15) is 5.60 Å². The van der Waals surface area contributed by atoms with Gasteiger partial charge in [-0.1, -0.05) is 60.7 Å². The third-order valence-electron chi connectivity index (χ3n) is 5.32. The number of carbonyl (C=O) groups excluding carboxylic acids is 1. The number of benzene rings is 2.